The van der Waals surface area contributed by atoms with Gasteiger partial charge in [0.2, 0.25) is 0 Å². The van der Waals surface area contributed by atoms with Gasteiger partial charge in [0.05, 0.1) is 18.3 Å². The van der Waals surface area contributed by atoms with Gasteiger partial charge in [0.25, 0.3) is 0 Å². The number of hydrogen-bond acceptors (Lipinski definition) is 2. The minimum Gasteiger partial charge on any atom is -0.492 e. The second kappa shape index (κ2) is 6.76. The summed E-state index contributed by atoms with van der Waals surface area (Å²) in [5.74, 6) is -1.10. The van der Waals surface area contributed by atoms with Gasteiger partial charge in [-0.05, 0) is 38.1 Å². The van der Waals surface area contributed by atoms with Crippen LogP contribution in [0.15, 0.2) is 36.4 Å². The van der Waals surface area contributed by atoms with E-state index < -0.39 is 17.7 Å². The van der Waals surface area contributed by atoms with Gasteiger partial charge in [0, 0.05) is 10.6 Å². The Labute approximate surface area is 127 Å². The zero-order valence-corrected chi connectivity index (χ0v) is 12.5. The Bertz CT molecular complexity index is 634. The molecule has 0 spiro atoms. The molecule has 5 heteroatoms. The number of benzene rings is 2. The third-order valence-electron chi connectivity index (χ3n) is 3.06. The van der Waals surface area contributed by atoms with Crippen LogP contribution < -0.4 is 10.1 Å². The van der Waals surface area contributed by atoms with E-state index in [1.165, 1.54) is 6.07 Å². The maximum Gasteiger partial charge on any atom is 0.164 e. The van der Waals surface area contributed by atoms with Gasteiger partial charge in [-0.15, -0.1) is 0 Å². The van der Waals surface area contributed by atoms with Crippen LogP contribution in [-0.2, 0) is 0 Å². The van der Waals surface area contributed by atoms with Crippen LogP contribution in [0.3, 0.4) is 0 Å². The summed E-state index contributed by atoms with van der Waals surface area (Å²) in [5.41, 5.74) is 0.887. The molecular weight excluding hydrogens is 296 g/mol. The van der Waals surface area contributed by atoms with Crippen LogP contribution in [0.25, 0.3) is 0 Å². The van der Waals surface area contributed by atoms with Gasteiger partial charge in [0.15, 0.2) is 11.6 Å². The number of nitrogens with one attached hydrogen (secondary N) is 1. The van der Waals surface area contributed by atoms with Crippen molar-refractivity contribution in [2.75, 3.05) is 11.9 Å². The zero-order valence-electron chi connectivity index (χ0n) is 11.8. The molecule has 112 valence electrons. The molecule has 1 N–H and O–H groups in total. The molecule has 21 heavy (non-hydrogen) atoms. The van der Waals surface area contributed by atoms with Gasteiger partial charge in [-0.25, -0.2) is 8.78 Å². The van der Waals surface area contributed by atoms with E-state index in [1.54, 1.807) is 31.2 Å². The van der Waals surface area contributed by atoms with E-state index in [2.05, 4.69) is 5.32 Å². The molecule has 0 bridgehead atoms. The molecule has 2 aromatic carbocycles. The van der Waals surface area contributed by atoms with Gasteiger partial charge in [-0.3, -0.25) is 0 Å². The molecule has 0 aliphatic heterocycles. The lowest BCUT2D eigenvalue weighted by Crippen LogP contribution is -2.10. The predicted octanol–water partition coefficient (Wildman–Crippen LogP) is 5.19. The van der Waals surface area contributed by atoms with E-state index in [-0.39, 0.29) is 5.56 Å². The van der Waals surface area contributed by atoms with E-state index in [0.717, 1.165) is 6.07 Å². The lowest BCUT2D eigenvalue weighted by atomic mass is 10.1. The summed E-state index contributed by atoms with van der Waals surface area (Å²) in [6.45, 7) is 4.11. The first-order valence-electron chi connectivity index (χ1n) is 6.65. The fourth-order valence-electron chi connectivity index (χ4n) is 2.06. The number of hydrogen-bond donors (Lipinski definition) is 1. The number of anilines is 1. The Balaban J connectivity index is 2.28. The Morgan fingerprint density at radius 2 is 2.00 bits per heavy atom. The Kier molecular flexibility index (Phi) is 5.02. The summed E-state index contributed by atoms with van der Waals surface area (Å²) < 4.78 is 32.6. The fraction of sp³-hybridized carbons (Fsp3) is 0.250. The zero-order chi connectivity index (χ0) is 15.4. The monoisotopic (exact) mass is 311 g/mol. The maximum atomic E-state index is 13.8. The SMILES string of the molecule is CCOc1ccc(Cl)cc1NC(C)c1cccc(F)c1F. The molecule has 1 atom stereocenters. The van der Waals surface area contributed by atoms with Crippen LogP contribution in [0.5, 0.6) is 5.75 Å². The molecule has 0 aliphatic carbocycles. The first-order chi connectivity index (χ1) is 10.0. The number of halogens is 3. The quantitative estimate of drug-likeness (QED) is 0.820. The average molecular weight is 312 g/mol. The van der Waals surface area contributed by atoms with Gasteiger partial charge in [0.1, 0.15) is 5.75 Å². The van der Waals surface area contributed by atoms with Crippen LogP contribution >= 0.6 is 11.6 Å². The Hall–Kier alpha value is -1.81. The number of rotatable bonds is 5. The van der Waals surface area contributed by atoms with E-state index in [1.807, 2.05) is 6.92 Å². The van der Waals surface area contributed by atoms with E-state index in [4.69, 9.17) is 16.3 Å². The van der Waals surface area contributed by atoms with Crippen LogP contribution in [0, 0.1) is 11.6 Å². The maximum absolute atomic E-state index is 13.8. The molecule has 0 saturated carbocycles. The fourth-order valence-corrected chi connectivity index (χ4v) is 2.23. The van der Waals surface area contributed by atoms with Gasteiger partial charge >= 0.3 is 0 Å². The summed E-state index contributed by atoms with van der Waals surface area (Å²) in [7, 11) is 0. The Morgan fingerprint density at radius 3 is 2.71 bits per heavy atom. The van der Waals surface area contributed by atoms with E-state index in [9.17, 15) is 8.78 Å². The number of ether oxygens (including phenoxy) is 1. The second-order valence-electron chi connectivity index (χ2n) is 4.58. The van der Waals surface area contributed by atoms with Gasteiger partial charge < -0.3 is 10.1 Å². The second-order valence-corrected chi connectivity index (χ2v) is 5.02. The third-order valence-corrected chi connectivity index (χ3v) is 3.30. The highest BCUT2D eigenvalue weighted by Crippen LogP contribution is 2.32. The normalized spacial score (nSPS) is 12.0. The van der Waals surface area contributed by atoms with Crippen LogP contribution in [0.4, 0.5) is 14.5 Å². The largest absolute Gasteiger partial charge is 0.492 e. The molecule has 0 fully saturated rings. The van der Waals surface area contributed by atoms with Crippen molar-refractivity contribution in [1.29, 1.82) is 0 Å². The molecule has 2 aromatic rings. The minimum absolute atomic E-state index is 0.248. The van der Waals surface area contributed by atoms with Crippen LogP contribution in [-0.4, -0.2) is 6.61 Å². The molecule has 0 saturated heterocycles. The highest BCUT2D eigenvalue weighted by molar-refractivity contribution is 6.30. The summed E-state index contributed by atoms with van der Waals surface area (Å²) >= 11 is 5.97. The van der Waals surface area contributed by atoms with Gasteiger partial charge in [-0.2, -0.15) is 0 Å². The van der Waals surface area contributed by atoms with Crippen molar-refractivity contribution >= 4 is 17.3 Å². The van der Waals surface area contributed by atoms with Crippen molar-refractivity contribution in [3.05, 3.63) is 58.6 Å². The summed E-state index contributed by atoms with van der Waals surface area (Å²) in [4.78, 5) is 0. The average Bonchev–Trinajstić information content (AvgIpc) is 2.45. The smallest absolute Gasteiger partial charge is 0.164 e. The molecule has 2 nitrogen and oxygen atoms in total. The summed E-state index contributed by atoms with van der Waals surface area (Å²) in [5, 5.41) is 3.64. The van der Waals surface area contributed by atoms with E-state index in [0.29, 0.717) is 23.1 Å². The Morgan fingerprint density at radius 1 is 1.24 bits per heavy atom. The van der Waals surface area contributed by atoms with Crippen LogP contribution in [0.2, 0.25) is 5.02 Å². The summed E-state index contributed by atoms with van der Waals surface area (Å²) in [6, 6.07) is 8.83. The van der Waals surface area contributed by atoms with Crippen molar-refractivity contribution in [3.8, 4) is 5.75 Å². The summed E-state index contributed by atoms with van der Waals surface area (Å²) in [6.07, 6.45) is 0. The van der Waals surface area contributed by atoms with Crippen molar-refractivity contribution < 1.29 is 13.5 Å². The molecule has 0 heterocycles. The molecule has 0 amide bonds. The third kappa shape index (κ3) is 3.64. The predicted molar refractivity (Wildman–Crippen MR) is 81.0 cm³/mol. The van der Waals surface area contributed by atoms with Crippen LogP contribution in [0.1, 0.15) is 25.5 Å². The lowest BCUT2D eigenvalue weighted by molar-refractivity contribution is 0.341. The molecule has 1 unspecified atom stereocenters. The standard InChI is InChI=1S/C16H16ClF2NO/c1-3-21-15-8-7-11(17)9-14(15)20-10(2)12-5-4-6-13(18)16(12)19/h4-10,20H,3H2,1-2H3. The molecule has 0 aromatic heterocycles. The van der Waals surface area contributed by atoms with Crippen molar-refractivity contribution in [3.63, 3.8) is 0 Å². The first kappa shape index (κ1) is 15.6. The minimum atomic E-state index is -0.864. The topological polar surface area (TPSA) is 21.3 Å². The highest BCUT2D eigenvalue weighted by atomic mass is 35.5. The molecular formula is C16H16ClF2NO. The van der Waals surface area contributed by atoms with Crippen molar-refractivity contribution in [2.45, 2.75) is 19.9 Å². The van der Waals surface area contributed by atoms with Crippen molar-refractivity contribution in [1.82, 2.24) is 0 Å². The van der Waals surface area contributed by atoms with Crippen molar-refractivity contribution in [2.24, 2.45) is 0 Å². The molecule has 0 radical (unpaired) electrons. The van der Waals surface area contributed by atoms with E-state index >= 15 is 0 Å². The first-order valence-corrected chi connectivity index (χ1v) is 7.03. The van der Waals surface area contributed by atoms with Gasteiger partial charge in [-0.1, -0.05) is 23.7 Å². The highest BCUT2D eigenvalue weighted by Gasteiger charge is 2.15. The lowest BCUT2D eigenvalue weighted by Gasteiger charge is -2.19. The molecule has 2 rings (SSSR count). The molecule has 0 aliphatic rings.